The molecule has 2 aliphatic rings. The van der Waals surface area contributed by atoms with Crippen molar-refractivity contribution < 1.29 is 4.79 Å². The smallest absolute Gasteiger partial charge is 0.219 e. The minimum Gasteiger partial charge on any atom is -0.356 e. The largest absolute Gasteiger partial charge is 0.356 e. The molecule has 25 heavy (non-hydrogen) atoms. The molecule has 0 aromatic carbocycles. The molecular weight excluding hydrogens is 431 g/mol. The van der Waals surface area contributed by atoms with Crippen LogP contribution in [0.3, 0.4) is 0 Å². The average molecular weight is 460 g/mol. The van der Waals surface area contributed by atoms with E-state index in [1.807, 2.05) is 11.9 Å². The Bertz CT molecular complexity index is 583. The molecule has 3 heterocycles. The van der Waals surface area contributed by atoms with Crippen LogP contribution in [0.25, 0.3) is 0 Å². The highest BCUT2D eigenvalue weighted by Crippen LogP contribution is 2.14. The summed E-state index contributed by atoms with van der Waals surface area (Å²) in [5.74, 6) is 2.31. The van der Waals surface area contributed by atoms with Crippen molar-refractivity contribution >= 4 is 35.8 Å². The Kier molecular flexibility index (Phi) is 7.52. The van der Waals surface area contributed by atoms with E-state index < -0.39 is 0 Å². The third-order valence-electron chi connectivity index (χ3n) is 4.86. The highest BCUT2D eigenvalue weighted by Gasteiger charge is 2.20. The van der Waals surface area contributed by atoms with Gasteiger partial charge in [-0.3, -0.25) is 9.79 Å². The van der Waals surface area contributed by atoms with Gasteiger partial charge in [0.15, 0.2) is 5.96 Å². The number of halogens is 1. The minimum atomic E-state index is 0. The van der Waals surface area contributed by atoms with E-state index in [1.165, 1.54) is 18.7 Å². The van der Waals surface area contributed by atoms with Crippen molar-refractivity contribution in [1.29, 1.82) is 0 Å². The number of nitrogens with zero attached hydrogens (tertiary/aromatic N) is 5. The highest BCUT2D eigenvalue weighted by molar-refractivity contribution is 14.0. The van der Waals surface area contributed by atoms with Gasteiger partial charge < -0.3 is 19.7 Å². The number of aliphatic imine (C=N–C) groups is 1. The van der Waals surface area contributed by atoms with E-state index in [1.54, 1.807) is 6.92 Å². The lowest BCUT2D eigenvalue weighted by Gasteiger charge is -2.36. The van der Waals surface area contributed by atoms with Crippen molar-refractivity contribution in [2.45, 2.75) is 39.2 Å². The van der Waals surface area contributed by atoms with Crippen molar-refractivity contribution in [3.05, 3.63) is 17.7 Å². The molecule has 0 radical (unpaired) electrons. The first kappa shape index (κ1) is 20.0. The summed E-state index contributed by atoms with van der Waals surface area (Å²) in [4.78, 5) is 24.6. The van der Waals surface area contributed by atoms with Crippen molar-refractivity contribution in [2.75, 3.05) is 39.8 Å². The van der Waals surface area contributed by atoms with Gasteiger partial charge in [-0.2, -0.15) is 0 Å². The third kappa shape index (κ3) is 5.08. The zero-order valence-electron chi connectivity index (χ0n) is 15.2. The van der Waals surface area contributed by atoms with Crippen LogP contribution < -0.4 is 5.32 Å². The quantitative estimate of drug-likeness (QED) is 0.417. The van der Waals surface area contributed by atoms with Gasteiger partial charge in [0, 0.05) is 72.3 Å². The summed E-state index contributed by atoms with van der Waals surface area (Å²) in [6, 6.07) is 0. The molecule has 0 spiro atoms. The van der Waals surface area contributed by atoms with E-state index in [2.05, 4.69) is 26.0 Å². The van der Waals surface area contributed by atoms with Gasteiger partial charge in [0.25, 0.3) is 0 Å². The lowest BCUT2D eigenvalue weighted by Crippen LogP contribution is -2.53. The number of aryl methyl sites for hydroxylation is 2. The molecule has 1 aromatic heterocycles. The number of hydrogen-bond acceptors (Lipinski definition) is 3. The summed E-state index contributed by atoms with van der Waals surface area (Å²) in [5.41, 5.74) is 1.16. The number of aromatic nitrogens is 2. The minimum absolute atomic E-state index is 0. The Morgan fingerprint density at radius 2 is 1.92 bits per heavy atom. The van der Waals surface area contributed by atoms with Crippen LogP contribution in [-0.4, -0.2) is 71.0 Å². The summed E-state index contributed by atoms with van der Waals surface area (Å²) in [5, 5.41) is 3.44. The third-order valence-corrected chi connectivity index (χ3v) is 4.86. The maximum atomic E-state index is 11.4. The number of nitrogens with one attached hydrogen (secondary N) is 1. The van der Waals surface area contributed by atoms with Gasteiger partial charge in [0.2, 0.25) is 5.91 Å². The zero-order chi connectivity index (χ0) is 16.9. The SMILES string of the molecule is CN=C(NCCc1cn2c(n1)CCCC2)N1CCN(C(C)=O)CC1.I. The molecule has 8 heteroatoms. The van der Waals surface area contributed by atoms with E-state index in [9.17, 15) is 4.79 Å². The summed E-state index contributed by atoms with van der Waals surface area (Å²) in [6.45, 7) is 6.77. The molecule has 3 rings (SSSR count). The molecule has 1 amide bonds. The molecule has 1 aromatic rings. The van der Waals surface area contributed by atoms with Crippen LogP contribution in [0.5, 0.6) is 0 Å². The monoisotopic (exact) mass is 460 g/mol. The first-order valence-corrected chi connectivity index (χ1v) is 8.93. The lowest BCUT2D eigenvalue weighted by atomic mass is 10.2. The van der Waals surface area contributed by atoms with Gasteiger partial charge in [0.05, 0.1) is 5.69 Å². The molecule has 0 aliphatic carbocycles. The van der Waals surface area contributed by atoms with Gasteiger partial charge in [0.1, 0.15) is 5.82 Å². The van der Waals surface area contributed by atoms with Gasteiger partial charge in [-0.25, -0.2) is 4.98 Å². The number of piperazine rings is 1. The first-order chi connectivity index (χ1) is 11.7. The van der Waals surface area contributed by atoms with Crippen LogP contribution in [-0.2, 0) is 24.2 Å². The molecule has 140 valence electrons. The molecule has 1 saturated heterocycles. The van der Waals surface area contributed by atoms with E-state index in [4.69, 9.17) is 4.98 Å². The van der Waals surface area contributed by atoms with Crippen LogP contribution in [0.15, 0.2) is 11.2 Å². The molecule has 0 bridgehead atoms. The fourth-order valence-electron chi connectivity index (χ4n) is 3.46. The number of fused-ring (bicyclic) bond motifs is 1. The van der Waals surface area contributed by atoms with Crippen molar-refractivity contribution in [1.82, 2.24) is 24.7 Å². The van der Waals surface area contributed by atoms with Crippen molar-refractivity contribution in [3.8, 4) is 0 Å². The van der Waals surface area contributed by atoms with Crippen LogP contribution in [0.4, 0.5) is 0 Å². The second-order valence-corrected chi connectivity index (χ2v) is 6.52. The Morgan fingerprint density at radius 1 is 1.20 bits per heavy atom. The van der Waals surface area contributed by atoms with E-state index >= 15 is 0 Å². The number of hydrogen-bond donors (Lipinski definition) is 1. The summed E-state index contributed by atoms with van der Waals surface area (Å²) in [6.07, 6.45) is 6.74. The standard InChI is InChI=1S/C17H28N6O.HI/c1-14(24)21-9-11-22(12-10-21)17(18-2)19-7-6-15-13-23-8-4-3-5-16(23)20-15;/h13H,3-12H2,1-2H3,(H,18,19);1H. The number of carbonyl (C=O) groups is 1. The molecule has 1 fully saturated rings. The average Bonchev–Trinajstić information content (AvgIpc) is 3.01. The predicted octanol–water partition coefficient (Wildman–Crippen LogP) is 1.12. The number of amides is 1. The molecule has 2 aliphatic heterocycles. The highest BCUT2D eigenvalue weighted by atomic mass is 127. The number of imidazole rings is 1. The topological polar surface area (TPSA) is 65.8 Å². The Balaban J connectivity index is 0.00000225. The number of guanidine groups is 1. The zero-order valence-corrected chi connectivity index (χ0v) is 17.5. The van der Waals surface area contributed by atoms with Crippen molar-refractivity contribution in [3.63, 3.8) is 0 Å². The normalized spacial score (nSPS) is 17.8. The molecule has 0 unspecified atom stereocenters. The number of carbonyl (C=O) groups excluding carboxylic acids is 1. The Morgan fingerprint density at radius 3 is 2.56 bits per heavy atom. The summed E-state index contributed by atoms with van der Waals surface area (Å²) in [7, 11) is 1.81. The van der Waals surface area contributed by atoms with Gasteiger partial charge in [-0.1, -0.05) is 0 Å². The van der Waals surface area contributed by atoms with Crippen LogP contribution in [0.2, 0.25) is 0 Å². The predicted molar refractivity (Wildman–Crippen MR) is 109 cm³/mol. The molecule has 0 atom stereocenters. The molecular formula is C17H29IN6O. The van der Waals surface area contributed by atoms with Gasteiger partial charge >= 0.3 is 0 Å². The van der Waals surface area contributed by atoms with Crippen molar-refractivity contribution in [2.24, 2.45) is 4.99 Å². The van der Waals surface area contributed by atoms with E-state index in [0.29, 0.717) is 0 Å². The second kappa shape index (κ2) is 9.40. The Hall–Kier alpha value is -1.32. The summed E-state index contributed by atoms with van der Waals surface area (Å²) >= 11 is 0. The second-order valence-electron chi connectivity index (χ2n) is 6.52. The van der Waals surface area contributed by atoms with E-state index in [-0.39, 0.29) is 29.9 Å². The Labute approximate surface area is 166 Å². The lowest BCUT2D eigenvalue weighted by molar-refractivity contribution is -0.130. The first-order valence-electron chi connectivity index (χ1n) is 8.93. The fraction of sp³-hybridized carbons (Fsp3) is 0.706. The number of rotatable bonds is 3. The molecule has 1 N–H and O–H groups in total. The van der Waals surface area contributed by atoms with E-state index in [0.717, 1.165) is 63.8 Å². The molecule has 0 saturated carbocycles. The van der Waals surface area contributed by atoms with Crippen LogP contribution in [0.1, 0.15) is 31.3 Å². The van der Waals surface area contributed by atoms with Crippen LogP contribution in [0, 0.1) is 0 Å². The van der Waals surface area contributed by atoms with Gasteiger partial charge in [-0.05, 0) is 12.8 Å². The summed E-state index contributed by atoms with van der Waals surface area (Å²) < 4.78 is 2.30. The maximum absolute atomic E-state index is 11.4. The molecule has 7 nitrogen and oxygen atoms in total. The van der Waals surface area contributed by atoms with Crippen LogP contribution >= 0.6 is 24.0 Å². The fourth-order valence-corrected chi connectivity index (χ4v) is 3.46. The maximum Gasteiger partial charge on any atom is 0.219 e. The van der Waals surface area contributed by atoms with Gasteiger partial charge in [-0.15, -0.1) is 24.0 Å².